The van der Waals surface area contributed by atoms with Crippen molar-refractivity contribution in [1.29, 1.82) is 0 Å². The average Bonchev–Trinajstić information content (AvgIpc) is 2.77. The van der Waals surface area contributed by atoms with Crippen LogP contribution in [-0.2, 0) is 18.8 Å². The molecule has 0 spiro atoms. The van der Waals surface area contributed by atoms with Crippen LogP contribution in [0.4, 0.5) is 0 Å². The number of hydrogen-bond acceptors (Lipinski definition) is 1. The summed E-state index contributed by atoms with van der Waals surface area (Å²) in [5, 5.41) is 0. The van der Waals surface area contributed by atoms with E-state index in [1.807, 2.05) is 12.5 Å². The number of aryl methyl sites for hydroxylation is 1. The predicted octanol–water partition coefficient (Wildman–Crippen LogP) is 3.23. The van der Waals surface area contributed by atoms with Crippen molar-refractivity contribution in [3.05, 3.63) is 53.6 Å². The molecule has 0 amide bonds. The molecule has 0 bridgehead atoms. The molecule has 1 aromatic heterocycles. The second-order valence-corrected chi connectivity index (χ2v) is 4.04. The van der Waals surface area contributed by atoms with Crippen molar-refractivity contribution >= 4 is 11.6 Å². The lowest BCUT2D eigenvalue weighted by atomic mass is 10.1. The first kappa shape index (κ1) is 11.2. The van der Waals surface area contributed by atoms with Gasteiger partial charge >= 0.3 is 0 Å². The average molecular weight is 235 g/mol. The first-order valence-corrected chi connectivity index (χ1v) is 6.00. The first-order valence-electron chi connectivity index (χ1n) is 5.47. The third-order valence-electron chi connectivity index (χ3n) is 2.78. The molecule has 0 aliphatic carbocycles. The van der Waals surface area contributed by atoms with E-state index < -0.39 is 0 Å². The minimum Gasteiger partial charge on any atom is -0.329 e. The van der Waals surface area contributed by atoms with Gasteiger partial charge in [0.25, 0.3) is 0 Å². The van der Waals surface area contributed by atoms with Gasteiger partial charge in [-0.3, -0.25) is 0 Å². The Balaban J connectivity index is 2.26. The fraction of sp³-hybridized carbons (Fsp3) is 0.308. The summed E-state index contributed by atoms with van der Waals surface area (Å²) in [6.45, 7) is 3.03. The van der Waals surface area contributed by atoms with Crippen LogP contribution in [0.2, 0.25) is 0 Å². The van der Waals surface area contributed by atoms with E-state index >= 15 is 0 Å². The zero-order valence-corrected chi connectivity index (χ0v) is 10.1. The predicted molar refractivity (Wildman–Crippen MR) is 66.7 cm³/mol. The number of nitrogens with zero attached hydrogens (tertiary/aromatic N) is 2. The van der Waals surface area contributed by atoms with Crippen molar-refractivity contribution in [2.75, 3.05) is 0 Å². The third kappa shape index (κ3) is 2.27. The maximum atomic E-state index is 5.85. The molecule has 1 heterocycles. The SMILES string of the molecule is CCc1ccccc1Cn1cncc1CCl. The molecule has 1 aromatic carbocycles. The molecule has 3 heteroatoms. The number of halogens is 1. The van der Waals surface area contributed by atoms with E-state index in [2.05, 4.69) is 40.7 Å². The smallest absolute Gasteiger partial charge is 0.0951 e. The lowest BCUT2D eigenvalue weighted by molar-refractivity contribution is 0.757. The number of aromatic nitrogens is 2. The number of imidazole rings is 1. The standard InChI is InChI=1S/C13H15ClN2/c1-2-11-5-3-4-6-12(11)9-16-10-15-8-13(16)7-14/h3-6,8,10H,2,7,9H2,1H3. The molecule has 0 aliphatic rings. The van der Waals surface area contributed by atoms with Gasteiger partial charge in [0.1, 0.15) is 0 Å². The van der Waals surface area contributed by atoms with Crippen LogP contribution in [-0.4, -0.2) is 9.55 Å². The van der Waals surface area contributed by atoms with Crippen LogP contribution in [0.5, 0.6) is 0 Å². The monoisotopic (exact) mass is 234 g/mol. The molecule has 84 valence electrons. The van der Waals surface area contributed by atoms with Gasteiger partial charge in [0.15, 0.2) is 0 Å². The molecule has 16 heavy (non-hydrogen) atoms. The van der Waals surface area contributed by atoms with E-state index in [9.17, 15) is 0 Å². The van der Waals surface area contributed by atoms with Crippen molar-refractivity contribution in [2.24, 2.45) is 0 Å². The van der Waals surface area contributed by atoms with Crippen LogP contribution in [0.1, 0.15) is 23.7 Å². The van der Waals surface area contributed by atoms with Gasteiger partial charge in [-0.25, -0.2) is 4.98 Å². The van der Waals surface area contributed by atoms with Crippen LogP contribution in [0, 0.1) is 0 Å². The molecule has 0 radical (unpaired) electrons. The second kappa shape index (κ2) is 5.17. The van der Waals surface area contributed by atoms with Gasteiger partial charge in [0, 0.05) is 12.7 Å². The largest absolute Gasteiger partial charge is 0.329 e. The van der Waals surface area contributed by atoms with Gasteiger partial charge in [0.05, 0.1) is 17.9 Å². The summed E-state index contributed by atoms with van der Waals surface area (Å²) in [6, 6.07) is 8.49. The fourth-order valence-electron chi connectivity index (χ4n) is 1.84. The number of benzene rings is 1. The van der Waals surface area contributed by atoms with E-state index in [1.54, 1.807) is 0 Å². The highest BCUT2D eigenvalue weighted by atomic mass is 35.5. The Hall–Kier alpha value is -1.28. The van der Waals surface area contributed by atoms with Gasteiger partial charge in [-0.1, -0.05) is 31.2 Å². The molecule has 2 aromatic rings. The Morgan fingerprint density at radius 1 is 1.25 bits per heavy atom. The summed E-state index contributed by atoms with van der Waals surface area (Å²) < 4.78 is 2.10. The van der Waals surface area contributed by atoms with Crippen LogP contribution in [0.3, 0.4) is 0 Å². The maximum absolute atomic E-state index is 5.85. The second-order valence-electron chi connectivity index (χ2n) is 3.77. The zero-order valence-electron chi connectivity index (χ0n) is 9.36. The summed E-state index contributed by atoms with van der Waals surface area (Å²) >= 11 is 5.85. The van der Waals surface area contributed by atoms with Crippen LogP contribution < -0.4 is 0 Å². The number of alkyl halides is 1. The Bertz CT molecular complexity index is 462. The summed E-state index contributed by atoms with van der Waals surface area (Å²) in [7, 11) is 0. The molecule has 0 saturated carbocycles. The lowest BCUT2D eigenvalue weighted by Gasteiger charge is -2.10. The van der Waals surface area contributed by atoms with E-state index in [-0.39, 0.29) is 0 Å². The van der Waals surface area contributed by atoms with E-state index in [0.29, 0.717) is 5.88 Å². The van der Waals surface area contributed by atoms with Crippen LogP contribution >= 0.6 is 11.6 Å². The Kier molecular flexibility index (Phi) is 3.62. The molecule has 0 atom stereocenters. The third-order valence-corrected chi connectivity index (χ3v) is 3.05. The van der Waals surface area contributed by atoms with E-state index in [0.717, 1.165) is 18.7 Å². The maximum Gasteiger partial charge on any atom is 0.0951 e. The van der Waals surface area contributed by atoms with E-state index in [4.69, 9.17) is 11.6 Å². The Morgan fingerprint density at radius 3 is 2.69 bits per heavy atom. The molecule has 2 rings (SSSR count). The quantitative estimate of drug-likeness (QED) is 0.743. The highest BCUT2D eigenvalue weighted by Crippen LogP contribution is 2.13. The number of hydrogen-bond donors (Lipinski definition) is 0. The summed E-state index contributed by atoms with van der Waals surface area (Å²) in [5.74, 6) is 0.508. The minimum atomic E-state index is 0.508. The van der Waals surface area contributed by atoms with Crippen molar-refractivity contribution < 1.29 is 0 Å². The number of rotatable bonds is 4. The van der Waals surface area contributed by atoms with Gasteiger partial charge in [0.2, 0.25) is 0 Å². The molecule has 0 N–H and O–H groups in total. The van der Waals surface area contributed by atoms with Gasteiger partial charge < -0.3 is 4.57 Å². The molecular weight excluding hydrogens is 220 g/mol. The molecule has 2 nitrogen and oxygen atoms in total. The molecule has 0 saturated heterocycles. The Labute approximate surface area is 101 Å². The molecule has 0 fully saturated rings. The van der Waals surface area contributed by atoms with Crippen molar-refractivity contribution in [2.45, 2.75) is 25.8 Å². The van der Waals surface area contributed by atoms with Crippen molar-refractivity contribution in [3.63, 3.8) is 0 Å². The highest BCUT2D eigenvalue weighted by molar-refractivity contribution is 6.16. The van der Waals surface area contributed by atoms with Gasteiger partial charge in [-0.05, 0) is 17.5 Å². The molecule has 0 unspecified atom stereocenters. The topological polar surface area (TPSA) is 17.8 Å². The van der Waals surface area contributed by atoms with Gasteiger partial charge in [-0.2, -0.15) is 0 Å². The zero-order chi connectivity index (χ0) is 11.4. The van der Waals surface area contributed by atoms with Crippen molar-refractivity contribution in [1.82, 2.24) is 9.55 Å². The minimum absolute atomic E-state index is 0.508. The van der Waals surface area contributed by atoms with Crippen LogP contribution in [0.25, 0.3) is 0 Å². The van der Waals surface area contributed by atoms with Gasteiger partial charge in [-0.15, -0.1) is 11.6 Å². The molecule has 0 aliphatic heterocycles. The van der Waals surface area contributed by atoms with E-state index in [1.165, 1.54) is 11.1 Å². The summed E-state index contributed by atoms with van der Waals surface area (Å²) in [6.07, 6.45) is 4.72. The summed E-state index contributed by atoms with van der Waals surface area (Å²) in [4.78, 5) is 4.12. The first-order chi connectivity index (χ1) is 7.85. The van der Waals surface area contributed by atoms with Crippen molar-refractivity contribution in [3.8, 4) is 0 Å². The fourth-order valence-corrected chi connectivity index (χ4v) is 2.06. The normalized spacial score (nSPS) is 10.6. The molecular formula is C13H15ClN2. The summed E-state index contributed by atoms with van der Waals surface area (Å²) in [5.41, 5.74) is 3.79. The lowest BCUT2D eigenvalue weighted by Crippen LogP contribution is -2.04. The van der Waals surface area contributed by atoms with Crippen LogP contribution in [0.15, 0.2) is 36.8 Å². The Morgan fingerprint density at radius 2 is 2.00 bits per heavy atom. The highest BCUT2D eigenvalue weighted by Gasteiger charge is 2.04.